The number of carbonyl (C=O) groups excluding carboxylic acids is 1. The lowest BCUT2D eigenvalue weighted by Crippen LogP contribution is -2.34. The highest BCUT2D eigenvalue weighted by Crippen LogP contribution is 2.47. The summed E-state index contributed by atoms with van der Waals surface area (Å²) in [4.78, 5) is 12.0. The van der Waals surface area contributed by atoms with Gasteiger partial charge < -0.3 is 10.4 Å². The number of rotatable bonds is 6. The molecule has 2 rings (SSSR count). The average molecular weight is 247 g/mol. The molecule has 1 aliphatic rings. The molecule has 0 radical (unpaired) electrons. The molecule has 3 unspecified atom stereocenters. The molecule has 3 atom stereocenters. The predicted molar refractivity (Wildman–Crippen MR) is 71.2 cm³/mol. The van der Waals surface area contributed by atoms with Gasteiger partial charge in [0.15, 0.2) is 0 Å². The van der Waals surface area contributed by atoms with Gasteiger partial charge in [0, 0.05) is 18.6 Å². The third-order valence-electron chi connectivity index (χ3n) is 3.54. The lowest BCUT2D eigenvalue weighted by molar-refractivity contribution is -0.123. The van der Waals surface area contributed by atoms with Crippen molar-refractivity contribution < 1.29 is 9.90 Å². The minimum Gasteiger partial charge on any atom is -0.396 e. The van der Waals surface area contributed by atoms with Gasteiger partial charge in [-0.3, -0.25) is 4.79 Å². The minimum absolute atomic E-state index is 0.143. The Labute approximate surface area is 108 Å². The van der Waals surface area contributed by atoms with Crippen molar-refractivity contribution >= 4 is 5.91 Å². The fraction of sp³-hybridized carbons (Fsp3) is 0.533. The van der Waals surface area contributed by atoms with Gasteiger partial charge in [0.1, 0.15) is 0 Å². The quantitative estimate of drug-likeness (QED) is 0.808. The van der Waals surface area contributed by atoms with Crippen molar-refractivity contribution in [3.63, 3.8) is 0 Å². The van der Waals surface area contributed by atoms with E-state index in [4.69, 9.17) is 5.11 Å². The number of aliphatic hydroxyl groups is 1. The van der Waals surface area contributed by atoms with E-state index in [0.717, 1.165) is 19.3 Å². The monoisotopic (exact) mass is 247 g/mol. The summed E-state index contributed by atoms with van der Waals surface area (Å²) in [5.74, 6) is 0.703. The van der Waals surface area contributed by atoms with Gasteiger partial charge in [0.2, 0.25) is 5.91 Å². The van der Waals surface area contributed by atoms with Crippen LogP contribution in [-0.2, 0) is 4.79 Å². The summed E-state index contributed by atoms with van der Waals surface area (Å²) in [5.41, 5.74) is 1.26. The van der Waals surface area contributed by atoms with Crippen LogP contribution in [0, 0.1) is 5.92 Å². The Bertz CT molecular complexity index is 391. The molecule has 0 bridgehead atoms. The van der Waals surface area contributed by atoms with E-state index in [9.17, 15) is 4.79 Å². The summed E-state index contributed by atoms with van der Waals surface area (Å²) in [5, 5.41) is 11.8. The third-order valence-corrected chi connectivity index (χ3v) is 3.54. The molecule has 98 valence electrons. The molecule has 0 aromatic heterocycles. The van der Waals surface area contributed by atoms with Gasteiger partial charge >= 0.3 is 0 Å². The zero-order valence-corrected chi connectivity index (χ0v) is 10.8. The molecule has 3 nitrogen and oxygen atoms in total. The molecule has 1 aromatic carbocycles. The van der Waals surface area contributed by atoms with E-state index < -0.39 is 0 Å². The molecule has 2 N–H and O–H groups in total. The van der Waals surface area contributed by atoms with Gasteiger partial charge in [-0.1, -0.05) is 30.3 Å². The van der Waals surface area contributed by atoms with Crippen LogP contribution in [0.15, 0.2) is 30.3 Å². The van der Waals surface area contributed by atoms with Crippen molar-refractivity contribution in [2.75, 3.05) is 6.61 Å². The SMILES string of the molecule is CC(CCCO)NC(=O)C1CC1c1ccccc1. The van der Waals surface area contributed by atoms with E-state index in [1.807, 2.05) is 25.1 Å². The van der Waals surface area contributed by atoms with Crippen LogP contribution in [0.4, 0.5) is 0 Å². The van der Waals surface area contributed by atoms with Gasteiger partial charge in [0.05, 0.1) is 0 Å². The standard InChI is InChI=1S/C15H21NO2/c1-11(6-5-9-17)16-15(18)14-10-13(14)12-7-3-2-4-8-12/h2-4,7-8,11,13-14,17H,5-6,9-10H2,1H3,(H,16,18). The number of carbonyl (C=O) groups is 1. The maximum absolute atomic E-state index is 12.0. The average Bonchev–Trinajstić information content (AvgIpc) is 3.17. The molecule has 0 saturated heterocycles. The maximum atomic E-state index is 12.0. The van der Waals surface area contributed by atoms with Crippen LogP contribution in [0.5, 0.6) is 0 Å². The molecule has 18 heavy (non-hydrogen) atoms. The van der Waals surface area contributed by atoms with E-state index >= 15 is 0 Å². The van der Waals surface area contributed by atoms with Gasteiger partial charge in [-0.2, -0.15) is 0 Å². The van der Waals surface area contributed by atoms with Gasteiger partial charge in [0.25, 0.3) is 0 Å². The first kappa shape index (κ1) is 13.1. The highest BCUT2D eigenvalue weighted by molar-refractivity contribution is 5.83. The molecular formula is C15H21NO2. The second-order valence-corrected chi connectivity index (χ2v) is 5.13. The summed E-state index contributed by atoms with van der Waals surface area (Å²) in [6, 6.07) is 10.4. The molecule has 1 fully saturated rings. The van der Waals surface area contributed by atoms with Crippen molar-refractivity contribution in [3.8, 4) is 0 Å². The first-order chi connectivity index (χ1) is 8.72. The summed E-state index contributed by atoms with van der Waals surface area (Å²) in [6.45, 7) is 2.18. The van der Waals surface area contributed by atoms with E-state index in [-0.39, 0.29) is 24.5 Å². The molecule has 1 aliphatic carbocycles. The van der Waals surface area contributed by atoms with Crippen molar-refractivity contribution in [2.45, 2.75) is 38.1 Å². The lowest BCUT2D eigenvalue weighted by atomic mass is 10.1. The number of hydrogen-bond donors (Lipinski definition) is 2. The number of nitrogens with one attached hydrogen (secondary N) is 1. The van der Waals surface area contributed by atoms with E-state index in [2.05, 4.69) is 17.4 Å². The van der Waals surface area contributed by atoms with E-state index in [1.165, 1.54) is 5.56 Å². The largest absolute Gasteiger partial charge is 0.396 e. The van der Waals surface area contributed by atoms with Crippen LogP contribution in [0.2, 0.25) is 0 Å². The van der Waals surface area contributed by atoms with Crippen LogP contribution < -0.4 is 5.32 Å². The van der Waals surface area contributed by atoms with Crippen molar-refractivity contribution in [1.29, 1.82) is 0 Å². The van der Waals surface area contributed by atoms with Crippen molar-refractivity contribution in [3.05, 3.63) is 35.9 Å². The fourth-order valence-electron chi connectivity index (χ4n) is 2.37. The molecule has 1 amide bonds. The zero-order valence-electron chi connectivity index (χ0n) is 10.8. The Balaban J connectivity index is 1.79. The molecule has 1 aromatic rings. The summed E-state index contributed by atoms with van der Waals surface area (Å²) < 4.78 is 0. The molecular weight excluding hydrogens is 226 g/mol. The Morgan fingerprint density at radius 2 is 2.17 bits per heavy atom. The normalized spacial score (nSPS) is 23.4. The molecule has 0 aliphatic heterocycles. The van der Waals surface area contributed by atoms with Crippen LogP contribution in [-0.4, -0.2) is 23.7 Å². The van der Waals surface area contributed by atoms with Crippen molar-refractivity contribution in [2.24, 2.45) is 5.92 Å². The predicted octanol–water partition coefficient (Wildman–Crippen LogP) is 2.07. The smallest absolute Gasteiger partial charge is 0.223 e. The Hall–Kier alpha value is -1.35. The Kier molecular flexibility index (Phi) is 4.37. The summed E-state index contributed by atoms with van der Waals surface area (Å²) >= 11 is 0. The van der Waals surface area contributed by atoms with Gasteiger partial charge in [-0.25, -0.2) is 0 Å². The van der Waals surface area contributed by atoms with Gasteiger partial charge in [-0.15, -0.1) is 0 Å². The lowest BCUT2D eigenvalue weighted by Gasteiger charge is -2.13. The number of aliphatic hydroxyl groups excluding tert-OH is 1. The molecule has 0 heterocycles. The molecule has 0 spiro atoms. The van der Waals surface area contributed by atoms with Gasteiger partial charge in [-0.05, 0) is 37.7 Å². The number of amides is 1. The van der Waals surface area contributed by atoms with Crippen LogP contribution in [0.3, 0.4) is 0 Å². The molecule has 1 saturated carbocycles. The van der Waals surface area contributed by atoms with Crippen LogP contribution in [0.1, 0.15) is 37.7 Å². The zero-order chi connectivity index (χ0) is 13.0. The molecule has 3 heteroatoms. The first-order valence-corrected chi connectivity index (χ1v) is 6.68. The fourth-order valence-corrected chi connectivity index (χ4v) is 2.37. The second kappa shape index (κ2) is 6.01. The minimum atomic E-state index is 0.143. The van der Waals surface area contributed by atoms with Crippen LogP contribution >= 0.6 is 0 Å². The first-order valence-electron chi connectivity index (χ1n) is 6.68. The van der Waals surface area contributed by atoms with Crippen molar-refractivity contribution in [1.82, 2.24) is 5.32 Å². The number of hydrogen-bond acceptors (Lipinski definition) is 2. The highest BCUT2D eigenvalue weighted by atomic mass is 16.2. The number of benzene rings is 1. The van der Waals surface area contributed by atoms with E-state index in [0.29, 0.717) is 5.92 Å². The van der Waals surface area contributed by atoms with E-state index in [1.54, 1.807) is 0 Å². The Morgan fingerprint density at radius 1 is 1.44 bits per heavy atom. The summed E-state index contributed by atoms with van der Waals surface area (Å²) in [6.07, 6.45) is 2.54. The Morgan fingerprint density at radius 3 is 2.83 bits per heavy atom. The second-order valence-electron chi connectivity index (χ2n) is 5.13. The maximum Gasteiger partial charge on any atom is 0.223 e. The summed E-state index contributed by atoms with van der Waals surface area (Å²) in [7, 11) is 0. The topological polar surface area (TPSA) is 49.3 Å². The highest BCUT2D eigenvalue weighted by Gasteiger charge is 2.43. The van der Waals surface area contributed by atoms with Crippen LogP contribution in [0.25, 0.3) is 0 Å². The third kappa shape index (κ3) is 3.33.